The Labute approximate surface area is 68.0 Å². The molecule has 0 aliphatic carbocycles. The van der Waals surface area contributed by atoms with Crippen LogP contribution in [0.4, 0.5) is 0 Å². The molecule has 1 aromatic heterocycles. The smallest absolute Gasteiger partial charge is 0.0228 e. The second kappa shape index (κ2) is 2.40. The molecule has 0 saturated carbocycles. The Morgan fingerprint density at radius 2 is 2.36 bits per heavy atom. The fraction of sp³-hybridized carbons (Fsp3) is 0.600. The summed E-state index contributed by atoms with van der Waals surface area (Å²) < 4.78 is 2.38. The molecular formula is C10H15N. The quantitative estimate of drug-likeness (QED) is 0.578. The van der Waals surface area contributed by atoms with Crippen molar-refractivity contribution in [3.8, 4) is 0 Å². The molecular weight excluding hydrogens is 134 g/mol. The van der Waals surface area contributed by atoms with Crippen LogP contribution in [0.5, 0.6) is 0 Å². The van der Waals surface area contributed by atoms with Crippen LogP contribution in [0.15, 0.2) is 18.3 Å². The predicted octanol–water partition coefficient (Wildman–Crippen LogP) is 2.63. The first-order valence-electron chi connectivity index (χ1n) is 4.44. The van der Waals surface area contributed by atoms with E-state index in [1.54, 1.807) is 5.69 Å². The van der Waals surface area contributed by atoms with E-state index in [4.69, 9.17) is 0 Å². The molecule has 1 aliphatic rings. The van der Waals surface area contributed by atoms with E-state index >= 15 is 0 Å². The zero-order valence-electron chi connectivity index (χ0n) is 7.25. The molecule has 11 heavy (non-hydrogen) atoms. The van der Waals surface area contributed by atoms with E-state index in [-0.39, 0.29) is 0 Å². The van der Waals surface area contributed by atoms with E-state index in [1.807, 2.05) is 0 Å². The minimum Gasteiger partial charge on any atom is -0.351 e. The van der Waals surface area contributed by atoms with Crippen LogP contribution in [-0.4, -0.2) is 4.57 Å². The van der Waals surface area contributed by atoms with Gasteiger partial charge in [0.05, 0.1) is 0 Å². The van der Waals surface area contributed by atoms with Crippen LogP contribution in [0, 0.1) is 5.92 Å². The summed E-state index contributed by atoms with van der Waals surface area (Å²) in [7, 11) is 0. The molecule has 1 nitrogen and oxygen atoms in total. The molecule has 0 spiro atoms. The topological polar surface area (TPSA) is 4.93 Å². The number of aromatic nitrogens is 1. The van der Waals surface area contributed by atoms with Crippen molar-refractivity contribution in [1.29, 1.82) is 0 Å². The molecule has 60 valence electrons. The van der Waals surface area contributed by atoms with Crippen molar-refractivity contribution in [3.63, 3.8) is 0 Å². The van der Waals surface area contributed by atoms with E-state index in [9.17, 15) is 0 Å². The van der Waals surface area contributed by atoms with Gasteiger partial charge in [-0.25, -0.2) is 0 Å². The average molecular weight is 149 g/mol. The molecule has 0 fully saturated rings. The van der Waals surface area contributed by atoms with Crippen LogP contribution in [-0.2, 0) is 6.54 Å². The van der Waals surface area contributed by atoms with Gasteiger partial charge in [0, 0.05) is 24.4 Å². The van der Waals surface area contributed by atoms with Gasteiger partial charge in [0.15, 0.2) is 0 Å². The third kappa shape index (κ3) is 0.991. The van der Waals surface area contributed by atoms with Gasteiger partial charge in [0.25, 0.3) is 0 Å². The van der Waals surface area contributed by atoms with Gasteiger partial charge in [0.2, 0.25) is 0 Å². The highest BCUT2D eigenvalue weighted by Gasteiger charge is 2.23. The Kier molecular flexibility index (Phi) is 1.52. The fourth-order valence-corrected chi connectivity index (χ4v) is 2.07. The summed E-state index contributed by atoms with van der Waals surface area (Å²) in [5.74, 6) is 1.61. The molecule has 0 N–H and O–H groups in total. The average Bonchev–Trinajstić information content (AvgIpc) is 2.41. The summed E-state index contributed by atoms with van der Waals surface area (Å²) in [5, 5.41) is 0. The second-order valence-electron chi connectivity index (χ2n) is 3.77. The van der Waals surface area contributed by atoms with Crippen molar-refractivity contribution in [2.45, 2.75) is 32.7 Å². The van der Waals surface area contributed by atoms with Crippen LogP contribution in [0.3, 0.4) is 0 Å². The Balaban J connectivity index is 2.31. The van der Waals surface area contributed by atoms with E-state index < -0.39 is 0 Å². The van der Waals surface area contributed by atoms with Crippen LogP contribution < -0.4 is 0 Å². The first-order chi connectivity index (χ1) is 5.29. The molecule has 2 heterocycles. The van der Waals surface area contributed by atoms with Crippen LogP contribution in [0.2, 0.25) is 0 Å². The summed E-state index contributed by atoms with van der Waals surface area (Å²) in [6.07, 6.45) is 3.53. The number of hydrogen-bond donors (Lipinski definition) is 0. The minimum atomic E-state index is 0.797. The van der Waals surface area contributed by atoms with Crippen molar-refractivity contribution in [1.82, 2.24) is 4.57 Å². The Bertz CT molecular complexity index is 247. The Morgan fingerprint density at radius 3 is 3.09 bits per heavy atom. The highest BCUT2D eigenvalue weighted by molar-refractivity contribution is 5.16. The number of nitrogens with zero attached hydrogens (tertiary/aromatic N) is 1. The van der Waals surface area contributed by atoms with Gasteiger partial charge in [-0.3, -0.25) is 0 Å². The highest BCUT2D eigenvalue weighted by atomic mass is 15.0. The van der Waals surface area contributed by atoms with Crippen molar-refractivity contribution >= 4 is 0 Å². The minimum absolute atomic E-state index is 0.797. The maximum absolute atomic E-state index is 2.38. The van der Waals surface area contributed by atoms with Crippen LogP contribution >= 0.6 is 0 Å². The number of rotatable bonds is 1. The van der Waals surface area contributed by atoms with Crippen molar-refractivity contribution in [2.24, 2.45) is 5.92 Å². The number of aryl methyl sites for hydroxylation is 1. The number of fused-ring (bicyclic) bond motifs is 1. The highest BCUT2D eigenvalue weighted by Crippen LogP contribution is 2.33. The van der Waals surface area contributed by atoms with Gasteiger partial charge < -0.3 is 4.57 Å². The van der Waals surface area contributed by atoms with E-state index in [2.05, 4.69) is 36.7 Å². The fourth-order valence-electron chi connectivity index (χ4n) is 2.07. The van der Waals surface area contributed by atoms with E-state index in [0.29, 0.717) is 0 Å². The summed E-state index contributed by atoms with van der Waals surface area (Å²) in [4.78, 5) is 0. The van der Waals surface area contributed by atoms with Gasteiger partial charge in [-0.2, -0.15) is 0 Å². The number of hydrogen-bond acceptors (Lipinski definition) is 0. The van der Waals surface area contributed by atoms with Crippen LogP contribution in [0.25, 0.3) is 0 Å². The van der Waals surface area contributed by atoms with Crippen molar-refractivity contribution in [3.05, 3.63) is 24.0 Å². The summed E-state index contributed by atoms with van der Waals surface area (Å²) >= 11 is 0. The molecule has 0 saturated heterocycles. The third-order valence-electron chi connectivity index (χ3n) is 2.73. The first kappa shape index (κ1) is 6.96. The molecule has 2 rings (SSSR count). The van der Waals surface area contributed by atoms with Gasteiger partial charge >= 0.3 is 0 Å². The van der Waals surface area contributed by atoms with Crippen molar-refractivity contribution in [2.75, 3.05) is 0 Å². The van der Waals surface area contributed by atoms with Crippen molar-refractivity contribution < 1.29 is 0 Å². The van der Waals surface area contributed by atoms with Gasteiger partial charge in [0.1, 0.15) is 0 Å². The molecule has 0 bridgehead atoms. The lowest BCUT2D eigenvalue weighted by Crippen LogP contribution is -2.01. The molecule has 0 radical (unpaired) electrons. The van der Waals surface area contributed by atoms with Gasteiger partial charge in [-0.1, -0.05) is 13.8 Å². The normalized spacial score (nSPS) is 22.6. The first-order valence-corrected chi connectivity index (χ1v) is 4.44. The van der Waals surface area contributed by atoms with Gasteiger partial charge in [-0.15, -0.1) is 0 Å². The summed E-state index contributed by atoms with van der Waals surface area (Å²) in [6, 6.07) is 4.42. The molecule has 1 unspecified atom stereocenters. The van der Waals surface area contributed by atoms with E-state index in [0.717, 1.165) is 11.8 Å². The lowest BCUT2D eigenvalue weighted by atomic mass is 9.92. The summed E-state index contributed by atoms with van der Waals surface area (Å²) in [5.41, 5.74) is 1.54. The molecule has 1 atom stereocenters. The van der Waals surface area contributed by atoms with E-state index in [1.165, 1.54) is 13.0 Å². The summed E-state index contributed by atoms with van der Waals surface area (Å²) in [6.45, 7) is 5.85. The monoisotopic (exact) mass is 149 g/mol. The zero-order chi connectivity index (χ0) is 7.84. The standard InChI is InChI=1S/C10H15N/c1-8(2)9-5-7-11-6-3-4-10(9)11/h3-4,6,8-9H,5,7H2,1-2H3. The SMILES string of the molecule is CC(C)C1CCn2cccc21. The second-order valence-corrected chi connectivity index (χ2v) is 3.77. The van der Waals surface area contributed by atoms with Gasteiger partial charge in [-0.05, 0) is 24.5 Å². The molecule has 0 aromatic carbocycles. The Morgan fingerprint density at radius 1 is 1.55 bits per heavy atom. The molecule has 1 aromatic rings. The molecule has 1 aliphatic heterocycles. The Hall–Kier alpha value is -0.720. The lowest BCUT2D eigenvalue weighted by Gasteiger charge is -2.12. The third-order valence-corrected chi connectivity index (χ3v) is 2.73. The molecule has 1 heteroatoms. The lowest BCUT2D eigenvalue weighted by molar-refractivity contribution is 0.495. The zero-order valence-corrected chi connectivity index (χ0v) is 7.25. The molecule has 0 amide bonds. The largest absolute Gasteiger partial charge is 0.351 e. The maximum Gasteiger partial charge on any atom is 0.0228 e. The maximum atomic E-state index is 2.38. The van der Waals surface area contributed by atoms with Crippen LogP contribution in [0.1, 0.15) is 31.9 Å². The predicted molar refractivity (Wildman–Crippen MR) is 46.6 cm³/mol.